The summed E-state index contributed by atoms with van der Waals surface area (Å²) in [5, 5.41) is 11.3. The fourth-order valence-corrected chi connectivity index (χ4v) is 1.58. The summed E-state index contributed by atoms with van der Waals surface area (Å²) >= 11 is 0. The van der Waals surface area contributed by atoms with Gasteiger partial charge in [-0.2, -0.15) is 0 Å². The van der Waals surface area contributed by atoms with Crippen LogP contribution in [0.1, 0.15) is 25.8 Å². The van der Waals surface area contributed by atoms with Crippen molar-refractivity contribution in [1.29, 1.82) is 0 Å². The highest BCUT2D eigenvalue weighted by Gasteiger charge is 2.03. The third-order valence-corrected chi connectivity index (χ3v) is 2.67. The van der Waals surface area contributed by atoms with Crippen molar-refractivity contribution >= 4 is 17.7 Å². The number of nitrogen functional groups attached to an aromatic ring is 1. The minimum absolute atomic E-state index is 0.0678. The number of aliphatic hydroxyl groups excluding tert-OH is 1. The van der Waals surface area contributed by atoms with Gasteiger partial charge in [0.2, 0.25) is 5.91 Å². The first-order valence-electron chi connectivity index (χ1n) is 7.12. The second kappa shape index (κ2) is 9.02. The van der Waals surface area contributed by atoms with E-state index in [2.05, 4.69) is 19.2 Å². The van der Waals surface area contributed by atoms with Crippen LogP contribution in [-0.4, -0.2) is 30.8 Å². The van der Waals surface area contributed by atoms with Crippen molar-refractivity contribution < 1.29 is 14.6 Å². The SMILES string of the molecule is CC(C)COc1ccc(/C=C\C(=O)NCCCO)cc1N. The molecule has 0 bridgehead atoms. The standard InChI is InChI=1S/C16H24N2O3/c1-12(2)11-21-15-6-4-13(10-14(15)17)5-7-16(20)18-8-3-9-19/h4-7,10,12,19H,3,8-9,11,17H2,1-2H3,(H,18,20)/b7-5-. The van der Waals surface area contributed by atoms with Crippen LogP contribution in [0.4, 0.5) is 5.69 Å². The van der Waals surface area contributed by atoms with E-state index in [1.54, 1.807) is 18.2 Å². The number of benzene rings is 1. The number of amides is 1. The van der Waals surface area contributed by atoms with Crippen LogP contribution >= 0.6 is 0 Å². The minimum Gasteiger partial charge on any atom is -0.491 e. The van der Waals surface area contributed by atoms with Gasteiger partial charge < -0.3 is 20.9 Å². The van der Waals surface area contributed by atoms with E-state index < -0.39 is 0 Å². The first-order valence-corrected chi connectivity index (χ1v) is 7.12. The Morgan fingerprint density at radius 3 is 2.86 bits per heavy atom. The predicted molar refractivity (Wildman–Crippen MR) is 84.9 cm³/mol. The van der Waals surface area contributed by atoms with E-state index >= 15 is 0 Å². The summed E-state index contributed by atoms with van der Waals surface area (Å²) in [4.78, 5) is 11.5. The predicted octanol–water partition coefficient (Wildman–Crippen LogP) is 1.82. The van der Waals surface area contributed by atoms with Crippen molar-refractivity contribution in [2.45, 2.75) is 20.3 Å². The monoisotopic (exact) mass is 292 g/mol. The van der Waals surface area contributed by atoms with Crippen molar-refractivity contribution in [3.8, 4) is 5.75 Å². The van der Waals surface area contributed by atoms with Crippen LogP contribution in [0.5, 0.6) is 5.75 Å². The van der Waals surface area contributed by atoms with E-state index in [0.29, 0.717) is 36.9 Å². The molecule has 5 nitrogen and oxygen atoms in total. The van der Waals surface area contributed by atoms with Gasteiger partial charge in [0.05, 0.1) is 12.3 Å². The van der Waals surface area contributed by atoms with Crippen molar-refractivity contribution in [2.75, 3.05) is 25.5 Å². The average Bonchev–Trinajstić information content (AvgIpc) is 2.44. The van der Waals surface area contributed by atoms with Gasteiger partial charge in [-0.05, 0) is 36.1 Å². The molecule has 116 valence electrons. The Bertz CT molecular complexity index is 484. The summed E-state index contributed by atoms with van der Waals surface area (Å²) in [6.45, 7) is 5.29. The summed E-state index contributed by atoms with van der Waals surface area (Å²) in [6.07, 6.45) is 3.69. The summed E-state index contributed by atoms with van der Waals surface area (Å²) in [7, 11) is 0. The van der Waals surface area contributed by atoms with Gasteiger partial charge in [0.25, 0.3) is 0 Å². The highest BCUT2D eigenvalue weighted by molar-refractivity contribution is 5.91. The van der Waals surface area contributed by atoms with Gasteiger partial charge in [-0.3, -0.25) is 4.79 Å². The molecule has 0 aromatic heterocycles. The van der Waals surface area contributed by atoms with E-state index in [0.717, 1.165) is 5.56 Å². The molecule has 1 aromatic rings. The maximum Gasteiger partial charge on any atom is 0.244 e. The van der Waals surface area contributed by atoms with Crippen LogP contribution < -0.4 is 15.8 Å². The molecule has 0 unspecified atom stereocenters. The highest BCUT2D eigenvalue weighted by atomic mass is 16.5. The molecule has 0 aliphatic rings. The third kappa shape index (κ3) is 6.81. The largest absolute Gasteiger partial charge is 0.491 e. The molecule has 1 rings (SSSR count). The van der Waals surface area contributed by atoms with Gasteiger partial charge in [-0.1, -0.05) is 19.9 Å². The molecule has 21 heavy (non-hydrogen) atoms. The van der Waals surface area contributed by atoms with Crippen molar-refractivity contribution in [2.24, 2.45) is 5.92 Å². The van der Waals surface area contributed by atoms with Crippen LogP contribution in [0.3, 0.4) is 0 Å². The number of carbonyl (C=O) groups excluding carboxylic acids is 1. The molecular weight excluding hydrogens is 268 g/mol. The molecule has 0 aliphatic heterocycles. The lowest BCUT2D eigenvalue weighted by Crippen LogP contribution is -2.22. The topological polar surface area (TPSA) is 84.6 Å². The smallest absolute Gasteiger partial charge is 0.244 e. The van der Waals surface area contributed by atoms with Crippen molar-refractivity contribution in [1.82, 2.24) is 5.32 Å². The Morgan fingerprint density at radius 2 is 2.24 bits per heavy atom. The number of aliphatic hydroxyl groups is 1. The number of nitrogens with two attached hydrogens (primary N) is 1. The number of hydrogen-bond donors (Lipinski definition) is 3. The zero-order chi connectivity index (χ0) is 15.7. The average molecular weight is 292 g/mol. The number of carbonyl (C=O) groups is 1. The Morgan fingerprint density at radius 1 is 1.48 bits per heavy atom. The summed E-state index contributed by atoms with van der Waals surface area (Å²) in [6, 6.07) is 5.43. The first kappa shape index (κ1) is 17.0. The van der Waals surface area contributed by atoms with Crippen LogP contribution in [-0.2, 0) is 4.79 Å². The number of nitrogens with one attached hydrogen (secondary N) is 1. The molecule has 0 fully saturated rings. The molecule has 0 saturated heterocycles. The molecular formula is C16H24N2O3. The van der Waals surface area contributed by atoms with Gasteiger partial charge in [0, 0.05) is 19.2 Å². The number of rotatable bonds is 8. The Hall–Kier alpha value is -2.01. The lowest BCUT2D eigenvalue weighted by Gasteiger charge is -2.11. The van der Waals surface area contributed by atoms with Crippen LogP contribution in [0.15, 0.2) is 24.3 Å². The quantitative estimate of drug-likeness (QED) is 0.387. The van der Waals surface area contributed by atoms with Gasteiger partial charge in [0.15, 0.2) is 0 Å². The van der Waals surface area contributed by atoms with E-state index in [1.807, 2.05) is 6.07 Å². The van der Waals surface area contributed by atoms with Crippen LogP contribution in [0.25, 0.3) is 6.08 Å². The van der Waals surface area contributed by atoms with Gasteiger partial charge in [-0.15, -0.1) is 0 Å². The number of hydrogen-bond acceptors (Lipinski definition) is 4. The summed E-state index contributed by atoms with van der Waals surface area (Å²) < 4.78 is 5.59. The number of anilines is 1. The van der Waals surface area contributed by atoms with Crippen LogP contribution in [0.2, 0.25) is 0 Å². The van der Waals surface area contributed by atoms with E-state index in [4.69, 9.17) is 15.6 Å². The summed E-state index contributed by atoms with van der Waals surface area (Å²) in [5.74, 6) is 0.905. The molecule has 0 spiro atoms. The maximum atomic E-state index is 11.5. The lowest BCUT2D eigenvalue weighted by atomic mass is 10.1. The molecule has 0 radical (unpaired) electrons. The molecule has 5 heteroatoms. The molecule has 0 heterocycles. The first-order chi connectivity index (χ1) is 10.0. The van der Waals surface area contributed by atoms with Gasteiger partial charge in [-0.25, -0.2) is 0 Å². The van der Waals surface area contributed by atoms with Crippen molar-refractivity contribution in [3.05, 3.63) is 29.8 Å². The third-order valence-electron chi connectivity index (χ3n) is 2.67. The van der Waals surface area contributed by atoms with E-state index in [1.165, 1.54) is 6.08 Å². The second-order valence-electron chi connectivity index (χ2n) is 5.20. The molecule has 4 N–H and O–H groups in total. The molecule has 0 aliphatic carbocycles. The Kier molecular flexibility index (Phi) is 7.32. The molecule has 1 amide bonds. The second-order valence-corrected chi connectivity index (χ2v) is 5.20. The zero-order valence-corrected chi connectivity index (χ0v) is 12.6. The van der Waals surface area contributed by atoms with Gasteiger partial charge in [0.1, 0.15) is 5.75 Å². The minimum atomic E-state index is -0.192. The molecule has 1 aromatic carbocycles. The highest BCUT2D eigenvalue weighted by Crippen LogP contribution is 2.23. The fourth-order valence-electron chi connectivity index (χ4n) is 1.58. The number of ether oxygens (including phenoxy) is 1. The van der Waals surface area contributed by atoms with Crippen LogP contribution in [0, 0.1) is 5.92 Å². The van der Waals surface area contributed by atoms with E-state index in [9.17, 15) is 4.79 Å². The maximum absolute atomic E-state index is 11.5. The normalized spacial score (nSPS) is 11.0. The van der Waals surface area contributed by atoms with Gasteiger partial charge >= 0.3 is 0 Å². The van der Waals surface area contributed by atoms with E-state index in [-0.39, 0.29) is 12.5 Å². The fraction of sp³-hybridized carbons (Fsp3) is 0.438. The Labute approximate surface area is 125 Å². The molecule has 0 saturated carbocycles. The van der Waals surface area contributed by atoms with Crippen molar-refractivity contribution in [3.63, 3.8) is 0 Å². The molecule has 0 atom stereocenters. The Balaban J connectivity index is 2.56. The lowest BCUT2D eigenvalue weighted by molar-refractivity contribution is -0.116. The zero-order valence-electron chi connectivity index (χ0n) is 12.6. The summed E-state index contributed by atoms with van der Waals surface area (Å²) in [5.41, 5.74) is 7.31.